The molecule has 1 aromatic carbocycles. The number of carbonyl (C=O) groups excluding carboxylic acids is 2. The Labute approximate surface area is 125 Å². The molecule has 0 heterocycles. The van der Waals surface area contributed by atoms with Crippen LogP contribution in [0.5, 0.6) is 5.75 Å². The van der Waals surface area contributed by atoms with E-state index in [0.717, 1.165) is 24.8 Å². The van der Waals surface area contributed by atoms with Crippen molar-refractivity contribution in [3.63, 3.8) is 0 Å². The van der Waals surface area contributed by atoms with E-state index < -0.39 is 6.10 Å². The predicted octanol–water partition coefficient (Wildman–Crippen LogP) is 3.96. The molecule has 4 nitrogen and oxygen atoms in total. The fraction of sp³-hybridized carbons (Fsp3) is 0.412. The lowest BCUT2D eigenvalue weighted by molar-refractivity contribution is -0.147. The molecule has 0 bridgehead atoms. The molecule has 4 heteroatoms. The van der Waals surface area contributed by atoms with Crippen LogP contribution < -0.4 is 4.74 Å². The van der Waals surface area contributed by atoms with Gasteiger partial charge in [-0.25, -0.2) is 0 Å². The van der Waals surface area contributed by atoms with Crippen LogP contribution in [0.3, 0.4) is 0 Å². The van der Waals surface area contributed by atoms with E-state index in [-0.39, 0.29) is 11.9 Å². The van der Waals surface area contributed by atoms with Crippen LogP contribution in [0, 0.1) is 0 Å². The molecule has 0 saturated carbocycles. The van der Waals surface area contributed by atoms with Crippen molar-refractivity contribution in [3.05, 3.63) is 42.5 Å². The molecule has 0 spiro atoms. The smallest absolute Gasteiger partial charge is 0.308 e. The van der Waals surface area contributed by atoms with Crippen molar-refractivity contribution in [2.75, 3.05) is 0 Å². The molecule has 0 radical (unpaired) electrons. The van der Waals surface area contributed by atoms with Crippen molar-refractivity contribution in [1.82, 2.24) is 0 Å². The molecule has 21 heavy (non-hydrogen) atoms. The minimum atomic E-state index is -0.481. The standard InChI is InChI=1S/C17H22O4/c1-4-6-7-8-17(19)21-16(5-2)14-9-11-15(12-10-14)20-13(3)18/h5,9-12,16H,2,4,6-8H2,1,3H3/t16-/m0/s1. The summed E-state index contributed by atoms with van der Waals surface area (Å²) in [6.45, 7) is 7.13. The van der Waals surface area contributed by atoms with Crippen LogP contribution in [0.1, 0.15) is 51.2 Å². The maximum absolute atomic E-state index is 11.7. The summed E-state index contributed by atoms with van der Waals surface area (Å²) >= 11 is 0. The van der Waals surface area contributed by atoms with Gasteiger partial charge in [0.1, 0.15) is 11.9 Å². The van der Waals surface area contributed by atoms with Crippen molar-refractivity contribution in [3.8, 4) is 5.75 Å². The Hall–Kier alpha value is -2.10. The molecule has 1 aromatic rings. The van der Waals surface area contributed by atoms with Gasteiger partial charge >= 0.3 is 11.9 Å². The van der Waals surface area contributed by atoms with Gasteiger partial charge in [0.15, 0.2) is 0 Å². The lowest BCUT2D eigenvalue weighted by Gasteiger charge is -2.15. The number of ether oxygens (including phenoxy) is 2. The molecule has 0 aliphatic carbocycles. The molecular formula is C17H22O4. The molecule has 0 amide bonds. The topological polar surface area (TPSA) is 52.6 Å². The first-order chi connectivity index (χ1) is 10.1. The number of benzene rings is 1. The third kappa shape index (κ3) is 6.25. The van der Waals surface area contributed by atoms with E-state index in [2.05, 4.69) is 13.5 Å². The molecule has 0 fully saturated rings. The lowest BCUT2D eigenvalue weighted by Crippen LogP contribution is -2.09. The summed E-state index contributed by atoms with van der Waals surface area (Å²) < 4.78 is 10.3. The fourth-order valence-electron chi connectivity index (χ4n) is 1.86. The van der Waals surface area contributed by atoms with Gasteiger partial charge < -0.3 is 9.47 Å². The van der Waals surface area contributed by atoms with Gasteiger partial charge in [-0.2, -0.15) is 0 Å². The van der Waals surface area contributed by atoms with Crippen molar-refractivity contribution in [2.45, 2.75) is 45.6 Å². The molecular weight excluding hydrogens is 268 g/mol. The van der Waals surface area contributed by atoms with Crippen LogP contribution in [-0.4, -0.2) is 11.9 Å². The number of esters is 2. The van der Waals surface area contributed by atoms with E-state index >= 15 is 0 Å². The van der Waals surface area contributed by atoms with E-state index in [4.69, 9.17) is 9.47 Å². The van der Waals surface area contributed by atoms with Crippen LogP contribution in [0.25, 0.3) is 0 Å². The van der Waals surface area contributed by atoms with Gasteiger partial charge in [0, 0.05) is 13.3 Å². The number of hydrogen-bond acceptors (Lipinski definition) is 4. The summed E-state index contributed by atoms with van der Waals surface area (Å²) in [7, 11) is 0. The van der Waals surface area contributed by atoms with Gasteiger partial charge in [0.05, 0.1) is 0 Å². The minimum absolute atomic E-state index is 0.225. The molecule has 0 aromatic heterocycles. The van der Waals surface area contributed by atoms with Gasteiger partial charge in [0.2, 0.25) is 0 Å². The zero-order valence-electron chi connectivity index (χ0n) is 12.6. The van der Waals surface area contributed by atoms with E-state index in [1.54, 1.807) is 30.3 Å². The SMILES string of the molecule is C=C[C@H](OC(=O)CCCCC)c1ccc(OC(C)=O)cc1. The van der Waals surface area contributed by atoms with Crippen molar-refractivity contribution >= 4 is 11.9 Å². The summed E-state index contributed by atoms with van der Waals surface area (Å²) in [5.41, 5.74) is 0.796. The van der Waals surface area contributed by atoms with E-state index in [9.17, 15) is 9.59 Å². The Morgan fingerprint density at radius 1 is 1.24 bits per heavy atom. The van der Waals surface area contributed by atoms with Gasteiger partial charge in [0.25, 0.3) is 0 Å². The molecule has 114 valence electrons. The van der Waals surface area contributed by atoms with Crippen molar-refractivity contribution in [2.24, 2.45) is 0 Å². The molecule has 0 N–H and O–H groups in total. The monoisotopic (exact) mass is 290 g/mol. The minimum Gasteiger partial charge on any atom is -0.453 e. The van der Waals surface area contributed by atoms with Gasteiger partial charge in [-0.05, 0) is 30.2 Å². The summed E-state index contributed by atoms with van der Waals surface area (Å²) in [4.78, 5) is 22.6. The highest BCUT2D eigenvalue weighted by molar-refractivity contribution is 5.70. The largest absolute Gasteiger partial charge is 0.453 e. The Kier molecular flexibility index (Phi) is 7.23. The molecule has 1 rings (SSSR count). The van der Waals surface area contributed by atoms with Gasteiger partial charge in [-0.3, -0.25) is 9.59 Å². The second kappa shape index (κ2) is 8.95. The zero-order valence-corrected chi connectivity index (χ0v) is 12.6. The van der Waals surface area contributed by atoms with Crippen molar-refractivity contribution < 1.29 is 19.1 Å². The van der Waals surface area contributed by atoms with E-state index in [1.165, 1.54) is 6.92 Å². The van der Waals surface area contributed by atoms with E-state index in [1.807, 2.05) is 0 Å². The molecule has 1 atom stereocenters. The van der Waals surface area contributed by atoms with Crippen LogP contribution >= 0.6 is 0 Å². The highest BCUT2D eigenvalue weighted by Gasteiger charge is 2.13. The second-order valence-corrected chi connectivity index (χ2v) is 4.77. The summed E-state index contributed by atoms with van der Waals surface area (Å²) in [5.74, 6) is -0.133. The molecule has 0 aliphatic heterocycles. The zero-order chi connectivity index (χ0) is 15.7. The van der Waals surface area contributed by atoms with E-state index in [0.29, 0.717) is 12.2 Å². The predicted molar refractivity (Wildman–Crippen MR) is 80.9 cm³/mol. The van der Waals surface area contributed by atoms with Crippen molar-refractivity contribution in [1.29, 1.82) is 0 Å². The third-order valence-corrected chi connectivity index (χ3v) is 2.93. The van der Waals surface area contributed by atoms with Crippen LogP contribution in [0.15, 0.2) is 36.9 Å². The van der Waals surface area contributed by atoms with Gasteiger partial charge in [-0.1, -0.05) is 38.5 Å². The highest BCUT2D eigenvalue weighted by atomic mass is 16.5. The Morgan fingerprint density at radius 2 is 1.90 bits per heavy atom. The molecule has 0 unspecified atom stereocenters. The normalized spacial score (nSPS) is 11.5. The fourth-order valence-corrected chi connectivity index (χ4v) is 1.86. The number of unbranched alkanes of at least 4 members (excludes halogenated alkanes) is 2. The van der Waals surface area contributed by atoms with Crippen LogP contribution in [0.4, 0.5) is 0 Å². The summed E-state index contributed by atoms with van der Waals surface area (Å²) in [5, 5.41) is 0. The third-order valence-electron chi connectivity index (χ3n) is 2.93. The van der Waals surface area contributed by atoms with Crippen LogP contribution in [-0.2, 0) is 14.3 Å². The molecule has 0 aliphatic rings. The number of carbonyl (C=O) groups is 2. The lowest BCUT2D eigenvalue weighted by atomic mass is 10.1. The number of rotatable bonds is 8. The van der Waals surface area contributed by atoms with Crippen LogP contribution in [0.2, 0.25) is 0 Å². The van der Waals surface area contributed by atoms with Gasteiger partial charge in [-0.15, -0.1) is 0 Å². The Bertz CT molecular complexity index is 476. The highest BCUT2D eigenvalue weighted by Crippen LogP contribution is 2.22. The summed E-state index contributed by atoms with van der Waals surface area (Å²) in [6, 6.07) is 6.84. The number of hydrogen-bond donors (Lipinski definition) is 0. The Morgan fingerprint density at radius 3 is 2.43 bits per heavy atom. The maximum Gasteiger partial charge on any atom is 0.308 e. The summed E-state index contributed by atoms with van der Waals surface area (Å²) in [6.07, 6.45) is 4.44. The average molecular weight is 290 g/mol. The Balaban J connectivity index is 2.61. The first kappa shape index (κ1) is 17.0. The second-order valence-electron chi connectivity index (χ2n) is 4.77. The quantitative estimate of drug-likeness (QED) is 0.315. The maximum atomic E-state index is 11.7. The average Bonchev–Trinajstić information content (AvgIpc) is 2.45. The first-order valence-electron chi connectivity index (χ1n) is 7.17. The first-order valence-corrected chi connectivity index (χ1v) is 7.17. The molecule has 0 saturated heterocycles.